The minimum Gasteiger partial charge on any atom is -0.343 e. The number of anilines is 2. The third kappa shape index (κ3) is 8.48. The molecule has 1 amide bonds. The summed E-state index contributed by atoms with van der Waals surface area (Å²) in [5.41, 5.74) is 8.86. The number of rotatable bonds is 8. The summed E-state index contributed by atoms with van der Waals surface area (Å²) in [6.07, 6.45) is 9.02. The Balaban J connectivity index is 1.34. The molecule has 8 heteroatoms. The number of hydrogen-bond donors (Lipinski definition) is 3. The van der Waals surface area contributed by atoms with E-state index in [2.05, 4.69) is 15.5 Å². The van der Waals surface area contributed by atoms with Crippen LogP contribution in [-0.2, 0) is 11.2 Å². The van der Waals surface area contributed by atoms with Gasteiger partial charge in [0.1, 0.15) is 5.84 Å². The van der Waals surface area contributed by atoms with Crippen LogP contribution in [0.15, 0.2) is 47.5 Å². The van der Waals surface area contributed by atoms with Crippen molar-refractivity contribution >= 4 is 46.3 Å². The fourth-order valence-electron chi connectivity index (χ4n) is 4.98. The molecule has 2 fully saturated rings. The van der Waals surface area contributed by atoms with Gasteiger partial charge in [0.05, 0.1) is 12.6 Å². The standard InChI is InChI=1S/C28H37Cl2N5O/c29-21-9-7-20(26(30)17-21)8-14-28(36)34-24-12-10-23(11-13-24)32-27(19-35-15-2-1-3-16-35)33-25-6-4-5-22(31)18-25/h7,9-13,17,22,25H,1-6,8,14-16,18-19,31H2,(H,32,33)(H,34,36). The lowest BCUT2D eigenvalue weighted by Gasteiger charge is -2.29. The van der Waals surface area contributed by atoms with Crippen LogP contribution in [0.25, 0.3) is 0 Å². The van der Waals surface area contributed by atoms with Gasteiger partial charge in [-0.3, -0.25) is 14.7 Å². The maximum absolute atomic E-state index is 12.5. The van der Waals surface area contributed by atoms with Gasteiger partial charge in [-0.25, -0.2) is 0 Å². The number of likely N-dealkylation sites (tertiary alicyclic amines) is 1. The first kappa shape index (κ1) is 26.9. The second kappa shape index (κ2) is 13.4. The summed E-state index contributed by atoms with van der Waals surface area (Å²) in [6.45, 7) is 3.08. The molecule has 1 saturated heterocycles. The molecule has 1 aliphatic heterocycles. The van der Waals surface area contributed by atoms with Crippen molar-refractivity contribution in [3.8, 4) is 0 Å². The minimum atomic E-state index is -0.0530. The molecule has 4 rings (SSSR count). The molecule has 36 heavy (non-hydrogen) atoms. The zero-order valence-electron chi connectivity index (χ0n) is 20.8. The van der Waals surface area contributed by atoms with Crippen LogP contribution < -0.4 is 16.4 Å². The molecule has 1 aliphatic carbocycles. The second-order valence-electron chi connectivity index (χ2n) is 9.98. The van der Waals surface area contributed by atoms with E-state index in [4.69, 9.17) is 33.9 Å². The van der Waals surface area contributed by atoms with E-state index in [9.17, 15) is 4.79 Å². The topological polar surface area (TPSA) is 82.8 Å². The molecule has 1 saturated carbocycles. The molecule has 194 valence electrons. The van der Waals surface area contributed by atoms with Crippen LogP contribution in [0.3, 0.4) is 0 Å². The van der Waals surface area contributed by atoms with Gasteiger partial charge < -0.3 is 16.4 Å². The number of piperidine rings is 1. The minimum absolute atomic E-state index is 0.0530. The second-order valence-corrected chi connectivity index (χ2v) is 10.8. The van der Waals surface area contributed by atoms with E-state index < -0.39 is 0 Å². The fourth-order valence-corrected chi connectivity index (χ4v) is 5.48. The van der Waals surface area contributed by atoms with E-state index in [0.717, 1.165) is 68.1 Å². The number of benzene rings is 2. The van der Waals surface area contributed by atoms with Crippen LogP contribution in [0.4, 0.5) is 11.4 Å². The van der Waals surface area contributed by atoms with Crippen molar-refractivity contribution in [2.45, 2.75) is 69.9 Å². The molecule has 0 bridgehead atoms. The van der Waals surface area contributed by atoms with Crippen molar-refractivity contribution in [2.24, 2.45) is 10.7 Å². The third-order valence-electron chi connectivity index (χ3n) is 6.94. The van der Waals surface area contributed by atoms with Gasteiger partial charge in [0.15, 0.2) is 0 Å². The Labute approximate surface area is 224 Å². The molecule has 4 N–H and O–H groups in total. The first-order valence-electron chi connectivity index (χ1n) is 13.1. The normalized spacial score (nSPS) is 21.2. The Morgan fingerprint density at radius 3 is 2.39 bits per heavy atom. The molecule has 6 nitrogen and oxygen atoms in total. The number of aliphatic imine (C=N–C) groups is 1. The molecule has 2 aliphatic rings. The molecule has 2 aromatic carbocycles. The number of amidine groups is 1. The number of hydrogen-bond acceptors (Lipinski definition) is 4. The number of nitrogens with zero attached hydrogens (tertiary/aromatic N) is 2. The van der Waals surface area contributed by atoms with Gasteiger partial charge in [-0.1, -0.05) is 35.7 Å². The summed E-state index contributed by atoms with van der Waals surface area (Å²) in [5.74, 6) is 0.954. The van der Waals surface area contributed by atoms with Gasteiger partial charge in [-0.15, -0.1) is 0 Å². The average Bonchev–Trinajstić information content (AvgIpc) is 2.85. The Morgan fingerprint density at radius 1 is 0.972 bits per heavy atom. The molecular formula is C28H37Cl2N5O. The number of halogens is 2. The molecule has 2 unspecified atom stereocenters. The van der Waals surface area contributed by atoms with Crippen LogP contribution in [0.5, 0.6) is 0 Å². The predicted octanol–water partition coefficient (Wildman–Crippen LogP) is 6.13. The summed E-state index contributed by atoms with van der Waals surface area (Å²) >= 11 is 12.2. The van der Waals surface area contributed by atoms with Crippen LogP contribution >= 0.6 is 23.2 Å². The highest BCUT2D eigenvalue weighted by Crippen LogP contribution is 2.23. The number of amides is 1. The quantitative estimate of drug-likeness (QED) is 0.283. The molecule has 0 aromatic heterocycles. The highest BCUT2D eigenvalue weighted by molar-refractivity contribution is 6.35. The van der Waals surface area contributed by atoms with Crippen LogP contribution in [0.1, 0.15) is 56.9 Å². The monoisotopic (exact) mass is 529 g/mol. The van der Waals surface area contributed by atoms with Crippen molar-refractivity contribution in [1.29, 1.82) is 0 Å². The van der Waals surface area contributed by atoms with Crippen molar-refractivity contribution in [1.82, 2.24) is 4.90 Å². The molecular weight excluding hydrogens is 493 g/mol. The molecule has 2 aromatic rings. The molecule has 1 heterocycles. The average molecular weight is 531 g/mol. The van der Waals surface area contributed by atoms with Crippen molar-refractivity contribution in [2.75, 3.05) is 30.3 Å². The van der Waals surface area contributed by atoms with E-state index in [0.29, 0.717) is 22.9 Å². The number of aryl methyl sites for hydroxylation is 1. The number of nitrogens with one attached hydrogen (secondary N) is 2. The maximum atomic E-state index is 12.5. The lowest BCUT2D eigenvalue weighted by atomic mass is 9.92. The Morgan fingerprint density at radius 2 is 1.69 bits per heavy atom. The van der Waals surface area contributed by atoms with Crippen LogP contribution in [0, 0.1) is 0 Å². The maximum Gasteiger partial charge on any atom is 0.224 e. The molecule has 2 atom stereocenters. The zero-order chi connectivity index (χ0) is 25.3. The Hall–Kier alpha value is -2.12. The number of carbonyl (C=O) groups excluding carboxylic acids is 1. The third-order valence-corrected chi connectivity index (χ3v) is 7.53. The van der Waals surface area contributed by atoms with Gasteiger partial charge in [0, 0.05) is 33.9 Å². The van der Waals surface area contributed by atoms with E-state index in [-0.39, 0.29) is 18.0 Å². The smallest absolute Gasteiger partial charge is 0.224 e. The van der Waals surface area contributed by atoms with Gasteiger partial charge in [-0.05, 0) is 100.0 Å². The lowest BCUT2D eigenvalue weighted by molar-refractivity contribution is -0.116. The summed E-state index contributed by atoms with van der Waals surface area (Å²) in [7, 11) is 0. The van der Waals surface area contributed by atoms with Crippen molar-refractivity contribution in [3.05, 3.63) is 58.1 Å². The van der Waals surface area contributed by atoms with Gasteiger partial charge in [0.2, 0.25) is 5.91 Å². The van der Waals surface area contributed by atoms with Gasteiger partial charge in [0.25, 0.3) is 0 Å². The fraction of sp³-hybridized carbons (Fsp3) is 0.500. The summed E-state index contributed by atoms with van der Waals surface area (Å²) in [5, 5.41) is 7.70. The molecule has 0 radical (unpaired) electrons. The van der Waals surface area contributed by atoms with E-state index in [1.54, 1.807) is 12.1 Å². The summed E-state index contributed by atoms with van der Waals surface area (Å²) in [6, 6.07) is 13.7. The van der Waals surface area contributed by atoms with E-state index in [1.807, 2.05) is 30.3 Å². The Bertz CT molecular complexity index is 1040. The summed E-state index contributed by atoms with van der Waals surface area (Å²) < 4.78 is 0. The highest BCUT2D eigenvalue weighted by Gasteiger charge is 2.20. The van der Waals surface area contributed by atoms with Crippen LogP contribution in [0.2, 0.25) is 10.0 Å². The zero-order valence-corrected chi connectivity index (χ0v) is 22.3. The SMILES string of the molecule is NC1CCCC(N=C(CN2CCCCC2)Nc2ccc(NC(=O)CCc3ccc(Cl)cc3Cl)cc2)C1. The molecule has 0 spiro atoms. The first-order chi connectivity index (χ1) is 17.4. The van der Waals surface area contributed by atoms with Gasteiger partial charge in [-0.2, -0.15) is 0 Å². The number of nitrogens with two attached hydrogens (primary N) is 1. The van der Waals surface area contributed by atoms with E-state index in [1.165, 1.54) is 19.3 Å². The van der Waals surface area contributed by atoms with Crippen LogP contribution in [-0.4, -0.2) is 48.4 Å². The summed E-state index contributed by atoms with van der Waals surface area (Å²) in [4.78, 5) is 20.1. The van der Waals surface area contributed by atoms with Crippen molar-refractivity contribution in [3.63, 3.8) is 0 Å². The van der Waals surface area contributed by atoms with E-state index >= 15 is 0 Å². The first-order valence-corrected chi connectivity index (χ1v) is 13.9. The highest BCUT2D eigenvalue weighted by atomic mass is 35.5. The van der Waals surface area contributed by atoms with Gasteiger partial charge >= 0.3 is 0 Å². The van der Waals surface area contributed by atoms with Crippen molar-refractivity contribution < 1.29 is 4.79 Å². The number of carbonyl (C=O) groups is 1. The largest absolute Gasteiger partial charge is 0.343 e. The predicted molar refractivity (Wildman–Crippen MR) is 151 cm³/mol. The Kier molecular flexibility index (Phi) is 10.0. The lowest BCUT2D eigenvalue weighted by Crippen LogP contribution is -2.38.